The van der Waals surface area contributed by atoms with Gasteiger partial charge in [-0.1, -0.05) is 48.2 Å². The molecule has 3 aromatic carbocycles. The van der Waals surface area contributed by atoms with Crippen molar-refractivity contribution in [3.05, 3.63) is 94.0 Å². The van der Waals surface area contributed by atoms with E-state index in [4.69, 9.17) is 0 Å². The van der Waals surface area contributed by atoms with Gasteiger partial charge in [0, 0.05) is 11.1 Å². The van der Waals surface area contributed by atoms with Crippen LogP contribution in [0.2, 0.25) is 0 Å². The SMILES string of the molecule is Cc1ccc(C#Cc2ccc(-c3ccc(C)c(C)c3)cc2)cc1C. The topological polar surface area (TPSA) is 0 Å². The Balaban J connectivity index is 1.83. The number of rotatable bonds is 1. The molecule has 0 unspecified atom stereocenters. The minimum absolute atomic E-state index is 1.04. The molecule has 0 radical (unpaired) electrons. The smallest absolute Gasteiger partial charge is 0.0251 e. The molecule has 0 N–H and O–H groups in total. The summed E-state index contributed by atoms with van der Waals surface area (Å²) < 4.78 is 0. The zero-order chi connectivity index (χ0) is 17.1. The van der Waals surface area contributed by atoms with Gasteiger partial charge < -0.3 is 0 Å². The zero-order valence-corrected chi connectivity index (χ0v) is 14.8. The van der Waals surface area contributed by atoms with Crippen molar-refractivity contribution in [2.24, 2.45) is 0 Å². The Morgan fingerprint density at radius 3 is 1.58 bits per heavy atom. The lowest BCUT2D eigenvalue weighted by Crippen LogP contribution is -1.84. The Labute approximate surface area is 145 Å². The molecule has 0 bridgehead atoms. The standard InChI is InChI=1S/C24H22/c1-17-5-7-22(15-19(17)3)9-8-21-10-13-23(14-11-21)24-12-6-18(2)20(4)16-24/h5-7,10-16H,1-4H3. The Bertz CT molecular complexity index is 932. The van der Waals surface area contributed by atoms with Crippen LogP contribution in [0.3, 0.4) is 0 Å². The summed E-state index contributed by atoms with van der Waals surface area (Å²) in [5.41, 5.74) is 9.84. The molecule has 0 nitrogen and oxygen atoms in total. The van der Waals surface area contributed by atoms with Gasteiger partial charge in [0.25, 0.3) is 0 Å². The molecule has 24 heavy (non-hydrogen) atoms. The van der Waals surface area contributed by atoms with E-state index >= 15 is 0 Å². The minimum Gasteiger partial charge on any atom is -0.0617 e. The molecule has 0 amide bonds. The molecule has 0 aliphatic heterocycles. The molecule has 0 heterocycles. The zero-order valence-electron chi connectivity index (χ0n) is 14.8. The van der Waals surface area contributed by atoms with Crippen molar-refractivity contribution in [3.63, 3.8) is 0 Å². The second-order valence-electron chi connectivity index (χ2n) is 6.43. The molecule has 3 aromatic rings. The summed E-state index contributed by atoms with van der Waals surface area (Å²) in [4.78, 5) is 0. The van der Waals surface area contributed by atoms with Crippen LogP contribution >= 0.6 is 0 Å². The third-order valence-electron chi connectivity index (χ3n) is 4.58. The average molecular weight is 310 g/mol. The predicted molar refractivity (Wildman–Crippen MR) is 103 cm³/mol. The van der Waals surface area contributed by atoms with Crippen LogP contribution in [0.4, 0.5) is 0 Å². The van der Waals surface area contributed by atoms with E-state index in [2.05, 4.69) is 100 Å². The molecule has 0 heteroatoms. The first-order chi connectivity index (χ1) is 11.5. The first-order valence-electron chi connectivity index (χ1n) is 8.30. The van der Waals surface area contributed by atoms with Gasteiger partial charge in [0.05, 0.1) is 0 Å². The van der Waals surface area contributed by atoms with Gasteiger partial charge in [-0.3, -0.25) is 0 Å². The van der Waals surface area contributed by atoms with Crippen molar-refractivity contribution in [1.82, 2.24) is 0 Å². The number of hydrogen-bond acceptors (Lipinski definition) is 0. The normalized spacial score (nSPS) is 10.2. The Morgan fingerprint density at radius 2 is 0.958 bits per heavy atom. The monoisotopic (exact) mass is 310 g/mol. The fraction of sp³-hybridized carbons (Fsp3) is 0.167. The summed E-state index contributed by atoms with van der Waals surface area (Å²) in [5, 5.41) is 0. The van der Waals surface area contributed by atoms with E-state index in [-0.39, 0.29) is 0 Å². The third kappa shape index (κ3) is 3.58. The molecular weight excluding hydrogens is 288 g/mol. The van der Waals surface area contributed by atoms with Crippen LogP contribution in [-0.2, 0) is 0 Å². The second kappa shape index (κ2) is 6.77. The van der Waals surface area contributed by atoms with Crippen LogP contribution in [0.5, 0.6) is 0 Å². The van der Waals surface area contributed by atoms with Crippen molar-refractivity contribution < 1.29 is 0 Å². The van der Waals surface area contributed by atoms with Gasteiger partial charge in [-0.2, -0.15) is 0 Å². The van der Waals surface area contributed by atoms with E-state index < -0.39 is 0 Å². The molecule has 0 aliphatic rings. The fourth-order valence-electron chi connectivity index (χ4n) is 2.63. The van der Waals surface area contributed by atoms with Crippen LogP contribution in [0.1, 0.15) is 33.4 Å². The first-order valence-corrected chi connectivity index (χ1v) is 8.30. The number of hydrogen-bond donors (Lipinski definition) is 0. The Hall–Kier alpha value is -2.78. The molecule has 0 saturated carbocycles. The molecule has 0 spiro atoms. The summed E-state index contributed by atoms with van der Waals surface area (Å²) >= 11 is 0. The fourth-order valence-corrected chi connectivity index (χ4v) is 2.63. The van der Waals surface area contributed by atoms with Gasteiger partial charge >= 0.3 is 0 Å². The summed E-state index contributed by atoms with van der Waals surface area (Å²) in [6.07, 6.45) is 0. The third-order valence-corrected chi connectivity index (χ3v) is 4.58. The molecule has 3 rings (SSSR count). The molecule has 0 aliphatic carbocycles. The van der Waals surface area contributed by atoms with Crippen LogP contribution in [0.15, 0.2) is 60.7 Å². The largest absolute Gasteiger partial charge is 0.0617 e. The summed E-state index contributed by atoms with van der Waals surface area (Å²) in [6.45, 7) is 8.55. The Morgan fingerprint density at radius 1 is 0.458 bits per heavy atom. The Kier molecular flexibility index (Phi) is 4.54. The van der Waals surface area contributed by atoms with Gasteiger partial charge in [-0.25, -0.2) is 0 Å². The van der Waals surface area contributed by atoms with Gasteiger partial charge in [0.1, 0.15) is 0 Å². The number of aryl methyl sites for hydroxylation is 4. The lowest BCUT2D eigenvalue weighted by Gasteiger charge is -2.05. The summed E-state index contributed by atoms with van der Waals surface area (Å²) in [7, 11) is 0. The van der Waals surface area contributed by atoms with Gasteiger partial charge in [-0.05, 0) is 85.3 Å². The van der Waals surface area contributed by atoms with Crippen molar-refractivity contribution >= 4 is 0 Å². The maximum Gasteiger partial charge on any atom is 0.0251 e. The summed E-state index contributed by atoms with van der Waals surface area (Å²) in [5.74, 6) is 6.51. The van der Waals surface area contributed by atoms with E-state index in [0.717, 1.165) is 11.1 Å². The molecule has 0 aromatic heterocycles. The maximum absolute atomic E-state index is 3.26. The van der Waals surface area contributed by atoms with E-state index in [0.29, 0.717) is 0 Å². The highest BCUT2D eigenvalue weighted by molar-refractivity contribution is 5.66. The molecule has 0 atom stereocenters. The average Bonchev–Trinajstić information content (AvgIpc) is 2.59. The lowest BCUT2D eigenvalue weighted by molar-refractivity contribution is 1.33. The quantitative estimate of drug-likeness (QED) is 0.484. The maximum atomic E-state index is 3.26. The van der Waals surface area contributed by atoms with E-state index in [9.17, 15) is 0 Å². The molecule has 118 valence electrons. The van der Waals surface area contributed by atoms with E-state index in [1.54, 1.807) is 0 Å². The lowest BCUT2D eigenvalue weighted by atomic mass is 9.99. The van der Waals surface area contributed by atoms with Crippen molar-refractivity contribution in [2.75, 3.05) is 0 Å². The van der Waals surface area contributed by atoms with Crippen LogP contribution in [0, 0.1) is 39.5 Å². The van der Waals surface area contributed by atoms with Gasteiger partial charge in [0.2, 0.25) is 0 Å². The van der Waals surface area contributed by atoms with Crippen molar-refractivity contribution in [1.29, 1.82) is 0 Å². The van der Waals surface area contributed by atoms with Crippen LogP contribution in [-0.4, -0.2) is 0 Å². The van der Waals surface area contributed by atoms with E-state index in [1.807, 2.05) is 0 Å². The highest BCUT2D eigenvalue weighted by atomic mass is 14.0. The number of benzene rings is 3. The predicted octanol–water partition coefficient (Wildman–Crippen LogP) is 5.99. The van der Waals surface area contributed by atoms with Crippen molar-refractivity contribution in [2.45, 2.75) is 27.7 Å². The van der Waals surface area contributed by atoms with Gasteiger partial charge in [-0.15, -0.1) is 0 Å². The molecular formula is C24H22. The molecule has 0 saturated heterocycles. The van der Waals surface area contributed by atoms with Gasteiger partial charge in [0.15, 0.2) is 0 Å². The first kappa shape index (κ1) is 16.1. The van der Waals surface area contributed by atoms with Crippen LogP contribution < -0.4 is 0 Å². The minimum atomic E-state index is 1.04. The van der Waals surface area contributed by atoms with E-state index in [1.165, 1.54) is 33.4 Å². The van der Waals surface area contributed by atoms with Crippen LogP contribution in [0.25, 0.3) is 11.1 Å². The highest BCUT2D eigenvalue weighted by Crippen LogP contribution is 2.22. The van der Waals surface area contributed by atoms with Crippen molar-refractivity contribution in [3.8, 4) is 23.0 Å². The highest BCUT2D eigenvalue weighted by Gasteiger charge is 2.00. The molecule has 0 fully saturated rings. The summed E-state index contributed by atoms with van der Waals surface area (Å²) in [6, 6.07) is 21.4. The second-order valence-corrected chi connectivity index (χ2v) is 6.43.